The molecule has 0 spiro atoms. The van der Waals surface area contributed by atoms with E-state index in [1.807, 2.05) is 48.5 Å². The van der Waals surface area contributed by atoms with E-state index in [1.54, 1.807) is 31.6 Å². The first-order valence-electron chi connectivity index (χ1n) is 12.3. The van der Waals surface area contributed by atoms with Crippen molar-refractivity contribution in [3.8, 4) is 0 Å². The van der Waals surface area contributed by atoms with Crippen molar-refractivity contribution in [3.63, 3.8) is 0 Å². The normalized spacial score (nSPS) is 12.9. The summed E-state index contributed by atoms with van der Waals surface area (Å²) < 4.78 is 22.8. The molecule has 38 heavy (non-hydrogen) atoms. The Balaban J connectivity index is 2.01. The number of pyridine rings is 1. The quantitative estimate of drug-likeness (QED) is 0.297. The van der Waals surface area contributed by atoms with Crippen molar-refractivity contribution in [1.82, 2.24) is 10.3 Å². The summed E-state index contributed by atoms with van der Waals surface area (Å²) in [5, 5.41) is 3.14. The number of anilines is 1. The molecule has 1 atom stereocenters. The number of amides is 2. The van der Waals surface area contributed by atoms with Crippen LogP contribution in [-0.4, -0.2) is 48.1 Å². The first kappa shape index (κ1) is 29.7. The summed E-state index contributed by atoms with van der Waals surface area (Å²) in [4.78, 5) is 32.8. The average molecular weight is 566 g/mol. The lowest BCUT2D eigenvalue weighted by Crippen LogP contribution is -2.42. The molecule has 3 rings (SSSR count). The largest absolute Gasteiger partial charge is 0.467 e. The van der Waals surface area contributed by atoms with Gasteiger partial charge in [-0.3, -0.25) is 4.90 Å². The summed E-state index contributed by atoms with van der Waals surface area (Å²) in [6, 6.07) is 4.87. The number of alkyl carbamates (subject to hydrolysis) is 1. The van der Waals surface area contributed by atoms with Gasteiger partial charge < -0.3 is 23.9 Å². The predicted octanol–water partition coefficient (Wildman–Crippen LogP) is 6.88. The molecular formula is C27H36ClN3O6S. The monoisotopic (exact) mass is 565 g/mol. The zero-order valence-corrected chi connectivity index (χ0v) is 24.7. The fourth-order valence-electron chi connectivity index (χ4n) is 3.75. The van der Waals surface area contributed by atoms with Crippen LogP contribution in [0, 0.1) is 6.92 Å². The van der Waals surface area contributed by atoms with Crippen molar-refractivity contribution < 1.29 is 28.2 Å². The topological polar surface area (TPSA) is 103 Å². The van der Waals surface area contributed by atoms with Gasteiger partial charge in [0.15, 0.2) is 0 Å². The van der Waals surface area contributed by atoms with Gasteiger partial charge in [-0.15, -0.1) is 11.3 Å². The van der Waals surface area contributed by atoms with Gasteiger partial charge >= 0.3 is 12.2 Å². The molecule has 0 fully saturated rings. The summed E-state index contributed by atoms with van der Waals surface area (Å²) in [5.74, 6) is 0.590. The fraction of sp³-hybridized carbons (Fsp3) is 0.519. The number of hydrogen-bond acceptors (Lipinski definition) is 8. The third-order valence-electron chi connectivity index (χ3n) is 5.24. The second kappa shape index (κ2) is 11.9. The van der Waals surface area contributed by atoms with Gasteiger partial charge in [0.25, 0.3) is 0 Å². The van der Waals surface area contributed by atoms with Crippen LogP contribution >= 0.6 is 22.9 Å². The summed E-state index contributed by atoms with van der Waals surface area (Å²) in [7, 11) is 1.58. The molecule has 0 saturated carbocycles. The first-order valence-corrected chi connectivity index (χ1v) is 13.5. The Morgan fingerprint density at radius 3 is 2.45 bits per heavy atom. The van der Waals surface area contributed by atoms with E-state index in [4.69, 9.17) is 30.2 Å². The Bertz CT molecular complexity index is 1260. The summed E-state index contributed by atoms with van der Waals surface area (Å²) in [5.41, 5.74) is 0.820. The number of methoxy groups -OCH3 is 1. The highest BCUT2D eigenvalue weighted by atomic mass is 35.5. The second-order valence-corrected chi connectivity index (χ2v) is 12.4. The zero-order valence-electron chi connectivity index (χ0n) is 23.1. The van der Waals surface area contributed by atoms with Gasteiger partial charge in [-0.25, -0.2) is 14.6 Å². The Labute approximate surface area is 232 Å². The molecule has 0 saturated heterocycles. The molecule has 0 aromatic carbocycles. The predicted molar refractivity (Wildman–Crippen MR) is 149 cm³/mol. The summed E-state index contributed by atoms with van der Waals surface area (Å²) >= 11 is 7.93. The average Bonchev–Trinajstić information content (AvgIpc) is 3.38. The van der Waals surface area contributed by atoms with Crippen molar-refractivity contribution in [2.75, 3.05) is 18.6 Å². The number of furan rings is 1. The Morgan fingerprint density at radius 2 is 1.87 bits per heavy atom. The van der Waals surface area contributed by atoms with Crippen LogP contribution in [0.1, 0.15) is 57.7 Å². The smallest absolute Gasteiger partial charge is 0.415 e. The number of aryl methyl sites for hydroxylation is 1. The number of ether oxygens (including phenoxy) is 3. The van der Waals surface area contributed by atoms with Crippen LogP contribution in [0.15, 0.2) is 28.9 Å². The Morgan fingerprint density at radius 1 is 1.18 bits per heavy atom. The summed E-state index contributed by atoms with van der Waals surface area (Å²) in [6.07, 6.45) is 0.976. The first-order chi connectivity index (χ1) is 17.7. The lowest BCUT2D eigenvalue weighted by Gasteiger charge is -2.27. The van der Waals surface area contributed by atoms with Crippen molar-refractivity contribution in [1.29, 1.82) is 0 Å². The van der Waals surface area contributed by atoms with Gasteiger partial charge in [0.1, 0.15) is 22.1 Å². The highest BCUT2D eigenvalue weighted by molar-refractivity contribution is 7.19. The Kier molecular flexibility index (Phi) is 9.33. The van der Waals surface area contributed by atoms with Gasteiger partial charge in [-0.05, 0) is 66.2 Å². The second-order valence-electron chi connectivity index (χ2n) is 10.9. The van der Waals surface area contributed by atoms with E-state index < -0.39 is 23.4 Å². The number of nitrogens with one attached hydrogen (secondary N) is 1. The number of carbonyl (C=O) groups is 2. The molecule has 9 nitrogen and oxygen atoms in total. The minimum atomic E-state index is -0.703. The van der Waals surface area contributed by atoms with E-state index in [2.05, 4.69) is 10.3 Å². The maximum atomic E-state index is 13.4. The number of halogens is 1. The fourth-order valence-corrected chi connectivity index (χ4v) is 5.28. The third kappa shape index (κ3) is 8.09. The SMILES string of the molecule is COC[C@@H](Cc1sc2c(N(Cc3ccco3)C(=O)OC(C)(C)C)cc(Cl)nc2c1C)NC(=O)OC(C)(C)C. The number of fused-ring (bicyclic) bond motifs is 1. The maximum absolute atomic E-state index is 13.4. The molecule has 3 aromatic heterocycles. The van der Waals surface area contributed by atoms with Gasteiger partial charge in [0, 0.05) is 24.5 Å². The molecule has 208 valence electrons. The standard InChI is InChI=1S/C27H36ClN3O6S/c1-16-20(12-17(15-34-8)29-24(32)36-26(2,3)4)38-23-19(13-21(28)30-22(16)23)31(14-18-10-9-11-35-18)25(33)37-27(5,6)7/h9-11,13,17H,12,14-15H2,1-8H3,(H,29,32)/t17-/m1/s1. The molecule has 0 aliphatic heterocycles. The minimum absolute atomic E-state index is 0.149. The van der Waals surface area contributed by atoms with Crippen LogP contribution in [0.3, 0.4) is 0 Å². The molecule has 2 amide bonds. The number of thiophene rings is 1. The third-order valence-corrected chi connectivity index (χ3v) is 6.76. The zero-order chi connectivity index (χ0) is 28.3. The molecule has 0 bridgehead atoms. The highest BCUT2D eigenvalue weighted by Crippen LogP contribution is 2.39. The molecule has 0 aliphatic carbocycles. The van der Waals surface area contributed by atoms with Gasteiger partial charge in [0.2, 0.25) is 0 Å². The van der Waals surface area contributed by atoms with Crippen LogP contribution < -0.4 is 10.2 Å². The number of rotatable bonds is 8. The van der Waals surface area contributed by atoms with E-state index in [1.165, 1.54) is 16.2 Å². The van der Waals surface area contributed by atoms with E-state index in [9.17, 15) is 9.59 Å². The van der Waals surface area contributed by atoms with Gasteiger partial charge in [0.05, 0.1) is 41.4 Å². The molecule has 3 heterocycles. The van der Waals surface area contributed by atoms with Crippen molar-refractivity contribution in [3.05, 3.63) is 45.8 Å². The van der Waals surface area contributed by atoms with Crippen LogP contribution in [0.4, 0.5) is 15.3 Å². The van der Waals surface area contributed by atoms with E-state index in [0.29, 0.717) is 23.4 Å². The summed E-state index contributed by atoms with van der Waals surface area (Å²) in [6.45, 7) is 13.2. The van der Waals surface area contributed by atoms with Gasteiger partial charge in [-0.2, -0.15) is 0 Å². The molecule has 0 aliphatic rings. The van der Waals surface area contributed by atoms with Crippen LogP contribution in [-0.2, 0) is 27.2 Å². The van der Waals surface area contributed by atoms with Crippen molar-refractivity contribution in [2.45, 2.75) is 78.7 Å². The lowest BCUT2D eigenvalue weighted by atomic mass is 10.1. The van der Waals surface area contributed by atoms with Crippen LogP contribution in [0.25, 0.3) is 10.2 Å². The van der Waals surface area contributed by atoms with E-state index >= 15 is 0 Å². The van der Waals surface area contributed by atoms with E-state index in [0.717, 1.165) is 15.1 Å². The van der Waals surface area contributed by atoms with Crippen molar-refractivity contribution in [2.24, 2.45) is 0 Å². The van der Waals surface area contributed by atoms with Crippen molar-refractivity contribution >= 4 is 51.0 Å². The molecule has 0 radical (unpaired) electrons. The lowest BCUT2D eigenvalue weighted by molar-refractivity contribution is 0.0468. The maximum Gasteiger partial charge on any atom is 0.415 e. The molecule has 0 unspecified atom stereocenters. The number of carbonyl (C=O) groups excluding carboxylic acids is 2. The van der Waals surface area contributed by atoms with Crippen LogP contribution in [0.2, 0.25) is 5.15 Å². The molecule has 11 heteroatoms. The molecule has 1 N–H and O–H groups in total. The Hall–Kier alpha value is -2.82. The molecular weight excluding hydrogens is 530 g/mol. The number of hydrogen-bond donors (Lipinski definition) is 1. The molecule has 3 aromatic rings. The highest BCUT2D eigenvalue weighted by Gasteiger charge is 2.29. The van der Waals surface area contributed by atoms with Gasteiger partial charge in [-0.1, -0.05) is 11.6 Å². The minimum Gasteiger partial charge on any atom is -0.467 e. The van der Waals surface area contributed by atoms with Crippen LogP contribution in [0.5, 0.6) is 0 Å². The number of aromatic nitrogens is 1. The van der Waals surface area contributed by atoms with E-state index in [-0.39, 0.29) is 24.3 Å². The number of nitrogens with zero attached hydrogens (tertiary/aromatic N) is 2.